The third-order valence-corrected chi connectivity index (χ3v) is 3.76. The lowest BCUT2D eigenvalue weighted by atomic mass is 9.92. The molecule has 0 aliphatic heterocycles. The standard InChI is InChI=1S/C17H23NO4/c1-12-5-3-4-6-16(12)22-15-10-13(17(19)20)9-14(11-15)18-7-8-21-2/h3-6,10,14-15,18H,7-9,11H2,1-2H3,(H,19,20). The number of carboxylic acid groups (broad SMARTS) is 1. The summed E-state index contributed by atoms with van der Waals surface area (Å²) in [7, 11) is 1.65. The second-order valence-electron chi connectivity index (χ2n) is 5.50. The van der Waals surface area contributed by atoms with Gasteiger partial charge in [-0.05, 0) is 31.1 Å². The van der Waals surface area contributed by atoms with E-state index in [1.54, 1.807) is 13.2 Å². The molecule has 5 nitrogen and oxygen atoms in total. The number of para-hydroxylation sites is 1. The number of carbonyl (C=O) groups is 1. The molecule has 0 saturated carbocycles. The Labute approximate surface area is 130 Å². The summed E-state index contributed by atoms with van der Waals surface area (Å²) in [4.78, 5) is 11.3. The first kappa shape index (κ1) is 16.5. The Morgan fingerprint density at radius 1 is 1.41 bits per heavy atom. The van der Waals surface area contributed by atoms with Crippen LogP contribution in [0, 0.1) is 6.92 Å². The van der Waals surface area contributed by atoms with Gasteiger partial charge in [0, 0.05) is 31.7 Å². The average molecular weight is 305 g/mol. The van der Waals surface area contributed by atoms with Gasteiger partial charge in [0.05, 0.1) is 6.61 Å². The fourth-order valence-electron chi connectivity index (χ4n) is 2.60. The van der Waals surface area contributed by atoms with E-state index in [-0.39, 0.29) is 12.1 Å². The largest absolute Gasteiger partial charge is 0.486 e. The van der Waals surface area contributed by atoms with Gasteiger partial charge in [-0.15, -0.1) is 0 Å². The molecule has 0 saturated heterocycles. The predicted molar refractivity (Wildman–Crippen MR) is 84.2 cm³/mol. The summed E-state index contributed by atoms with van der Waals surface area (Å²) in [5.41, 5.74) is 1.45. The maximum atomic E-state index is 11.3. The zero-order chi connectivity index (χ0) is 15.9. The summed E-state index contributed by atoms with van der Waals surface area (Å²) < 4.78 is 11.0. The maximum Gasteiger partial charge on any atom is 0.331 e. The molecule has 2 N–H and O–H groups in total. The third-order valence-electron chi connectivity index (χ3n) is 3.76. The summed E-state index contributed by atoms with van der Waals surface area (Å²) in [6, 6.07) is 7.85. The number of benzene rings is 1. The van der Waals surface area contributed by atoms with Gasteiger partial charge in [-0.2, -0.15) is 0 Å². The van der Waals surface area contributed by atoms with Crippen LogP contribution in [0.4, 0.5) is 0 Å². The number of hydrogen-bond donors (Lipinski definition) is 2. The minimum Gasteiger partial charge on any atom is -0.486 e. The normalized spacial score (nSPS) is 21.3. The zero-order valence-corrected chi connectivity index (χ0v) is 13.0. The summed E-state index contributed by atoms with van der Waals surface area (Å²) >= 11 is 0. The van der Waals surface area contributed by atoms with Crippen LogP contribution in [0.1, 0.15) is 18.4 Å². The van der Waals surface area contributed by atoms with Crippen LogP contribution in [0.15, 0.2) is 35.9 Å². The van der Waals surface area contributed by atoms with Crippen molar-refractivity contribution in [2.75, 3.05) is 20.3 Å². The zero-order valence-electron chi connectivity index (χ0n) is 13.0. The van der Waals surface area contributed by atoms with Crippen molar-refractivity contribution in [2.24, 2.45) is 0 Å². The third kappa shape index (κ3) is 4.58. The number of ether oxygens (including phenoxy) is 2. The van der Waals surface area contributed by atoms with Gasteiger partial charge in [0.15, 0.2) is 0 Å². The highest BCUT2D eigenvalue weighted by molar-refractivity contribution is 5.87. The van der Waals surface area contributed by atoms with Crippen molar-refractivity contribution < 1.29 is 19.4 Å². The molecule has 0 bridgehead atoms. The summed E-state index contributed by atoms with van der Waals surface area (Å²) in [6.45, 7) is 3.28. The monoisotopic (exact) mass is 305 g/mol. The molecule has 0 aromatic heterocycles. The van der Waals surface area contributed by atoms with Gasteiger partial charge in [0.2, 0.25) is 0 Å². The Hall–Kier alpha value is -1.85. The van der Waals surface area contributed by atoms with Crippen LogP contribution in [-0.4, -0.2) is 43.5 Å². The van der Waals surface area contributed by atoms with Gasteiger partial charge in [0.25, 0.3) is 0 Å². The first-order valence-electron chi connectivity index (χ1n) is 7.48. The summed E-state index contributed by atoms with van der Waals surface area (Å²) in [5.74, 6) is -0.0809. The molecule has 0 heterocycles. The Morgan fingerprint density at radius 2 is 2.18 bits per heavy atom. The second-order valence-corrected chi connectivity index (χ2v) is 5.50. The topological polar surface area (TPSA) is 67.8 Å². The van der Waals surface area contributed by atoms with Gasteiger partial charge in [-0.1, -0.05) is 18.2 Å². The molecule has 0 spiro atoms. The van der Waals surface area contributed by atoms with Crippen LogP contribution in [0.3, 0.4) is 0 Å². The summed E-state index contributed by atoms with van der Waals surface area (Å²) in [5, 5.41) is 12.6. The fraction of sp³-hybridized carbons (Fsp3) is 0.471. The average Bonchev–Trinajstić information content (AvgIpc) is 2.50. The van der Waals surface area contributed by atoms with E-state index in [2.05, 4.69) is 5.32 Å². The van der Waals surface area contributed by atoms with Gasteiger partial charge in [-0.25, -0.2) is 4.79 Å². The number of carboxylic acids is 1. The van der Waals surface area contributed by atoms with Crippen LogP contribution in [0.2, 0.25) is 0 Å². The van der Waals surface area contributed by atoms with Crippen molar-refractivity contribution >= 4 is 5.97 Å². The van der Waals surface area contributed by atoms with E-state index in [9.17, 15) is 9.90 Å². The fourth-order valence-corrected chi connectivity index (χ4v) is 2.60. The van der Waals surface area contributed by atoms with E-state index >= 15 is 0 Å². The number of rotatable bonds is 7. The van der Waals surface area contributed by atoms with Crippen LogP contribution >= 0.6 is 0 Å². The lowest BCUT2D eigenvalue weighted by molar-refractivity contribution is -0.133. The van der Waals surface area contributed by atoms with E-state index in [4.69, 9.17) is 9.47 Å². The number of aliphatic carboxylic acids is 1. The first-order chi connectivity index (χ1) is 10.6. The SMILES string of the molecule is COCCNC1CC(C(=O)O)=CC(Oc2ccccc2C)C1. The minimum atomic E-state index is -0.878. The van der Waals surface area contributed by atoms with Crippen molar-refractivity contribution in [2.45, 2.75) is 31.9 Å². The molecule has 2 rings (SSSR count). The molecule has 0 amide bonds. The van der Waals surface area contributed by atoms with E-state index in [1.807, 2.05) is 31.2 Å². The van der Waals surface area contributed by atoms with Crippen molar-refractivity contribution in [3.05, 3.63) is 41.5 Å². The van der Waals surface area contributed by atoms with Crippen molar-refractivity contribution in [3.8, 4) is 5.75 Å². The van der Waals surface area contributed by atoms with Gasteiger partial charge in [0.1, 0.15) is 11.9 Å². The smallest absolute Gasteiger partial charge is 0.331 e. The Morgan fingerprint density at radius 3 is 2.86 bits per heavy atom. The molecule has 0 fully saturated rings. The van der Waals surface area contributed by atoms with Gasteiger partial charge in [-0.3, -0.25) is 0 Å². The van der Waals surface area contributed by atoms with E-state index < -0.39 is 5.97 Å². The molecular weight excluding hydrogens is 282 g/mol. The molecule has 5 heteroatoms. The predicted octanol–water partition coefficient (Wildman–Crippen LogP) is 2.15. The van der Waals surface area contributed by atoms with Crippen LogP contribution in [0.25, 0.3) is 0 Å². The molecule has 1 aliphatic rings. The molecule has 2 unspecified atom stereocenters. The number of nitrogens with one attached hydrogen (secondary N) is 1. The van der Waals surface area contributed by atoms with Crippen LogP contribution in [0.5, 0.6) is 5.75 Å². The highest BCUT2D eigenvalue weighted by Crippen LogP contribution is 2.25. The molecular formula is C17H23NO4. The van der Waals surface area contributed by atoms with Crippen LogP contribution in [-0.2, 0) is 9.53 Å². The molecule has 2 atom stereocenters. The second kappa shape index (κ2) is 7.96. The van der Waals surface area contributed by atoms with Crippen molar-refractivity contribution in [3.63, 3.8) is 0 Å². The lowest BCUT2D eigenvalue weighted by Gasteiger charge is -2.29. The minimum absolute atomic E-state index is 0.0836. The maximum absolute atomic E-state index is 11.3. The first-order valence-corrected chi connectivity index (χ1v) is 7.48. The van der Waals surface area contributed by atoms with Gasteiger partial charge < -0.3 is 19.9 Å². The van der Waals surface area contributed by atoms with Gasteiger partial charge >= 0.3 is 5.97 Å². The lowest BCUT2D eigenvalue weighted by Crippen LogP contribution is -2.39. The molecule has 0 radical (unpaired) electrons. The van der Waals surface area contributed by atoms with E-state index in [0.29, 0.717) is 25.1 Å². The molecule has 1 aromatic rings. The molecule has 1 aliphatic carbocycles. The Bertz CT molecular complexity index is 541. The number of methoxy groups -OCH3 is 1. The Kier molecular flexibility index (Phi) is 5.98. The number of aryl methyl sites for hydroxylation is 1. The Balaban J connectivity index is 2.06. The van der Waals surface area contributed by atoms with Crippen molar-refractivity contribution in [1.82, 2.24) is 5.32 Å². The highest BCUT2D eigenvalue weighted by Gasteiger charge is 2.26. The molecule has 120 valence electrons. The van der Waals surface area contributed by atoms with Crippen molar-refractivity contribution in [1.29, 1.82) is 0 Å². The highest BCUT2D eigenvalue weighted by atomic mass is 16.5. The summed E-state index contributed by atoms with van der Waals surface area (Å²) in [6.07, 6.45) is 2.74. The van der Waals surface area contributed by atoms with E-state index in [1.165, 1.54) is 0 Å². The quantitative estimate of drug-likeness (QED) is 0.756. The van der Waals surface area contributed by atoms with E-state index in [0.717, 1.165) is 17.7 Å². The van der Waals surface area contributed by atoms with Crippen LogP contribution < -0.4 is 10.1 Å². The molecule has 1 aromatic carbocycles. The molecule has 22 heavy (non-hydrogen) atoms. The number of hydrogen-bond acceptors (Lipinski definition) is 4.